The van der Waals surface area contributed by atoms with Crippen molar-refractivity contribution in [2.24, 2.45) is 5.10 Å². The lowest BCUT2D eigenvalue weighted by Gasteiger charge is -2.10. The summed E-state index contributed by atoms with van der Waals surface area (Å²) in [6, 6.07) is 21.2. The minimum absolute atomic E-state index is 0.0939. The number of benzene rings is 3. The van der Waals surface area contributed by atoms with Crippen LogP contribution in [0.4, 0.5) is 0 Å². The SMILES string of the molecule is O=C(CSc1nnc(-c2ccccc2)n1-c1ccc(Br)cc1)N/N=C\c1cc(I)cc(I)c1O. The molecule has 4 aromatic rings. The van der Waals surface area contributed by atoms with Gasteiger partial charge >= 0.3 is 0 Å². The summed E-state index contributed by atoms with van der Waals surface area (Å²) in [5.74, 6) is 0.612. The number of hydrogen-bond acceptors (Lipinski definition) is 6. The van der Waals surface area contributed by atoms with E-state index in [4.69, 9.17) is 0 Å². The number of amides is 1. The number of nitrogens with zero attached hydrogens (tertiary/aromatic N) is 4. The van der Waals surface area contributed by atoms with Gasteiger partial charge in [-0.15, -0.1) is 10.2 Å². The molecule has 1 amide bonds. The van der Waals surface area contributed by atoms with Crippen molar-refractivity contribution < 1.29 is 9.90 Å². The van der Waals surface area contributed by atoms with E-state index in [1.165, 1.54) is 18.0 Å². The predicted molar refractivity (Wildman–Crippen MR) is 154 cm³/mol. The van der Waals surface area contributed by atoms with Gasteiger partial charge in [0.1, 0.15) is 5.75 Å². The molecule has 0 unspecified atom stereocenters. The number of aromatic nitrogens is 3. The monoisotopic (exact) mass is 759 g/mol. The molecule has 3 aromatic carbocycles. The van der Waals surface area contributed by atoms with Crippen molar-refractivity contribution in [3.8, 4) is 22.8 Å². The molecule has 0 fully saturated rings. The number of carbonyl (C=O) groups excluding carboxylic acids is 1. The van der Waals surface area contributed by atoms with E-state index in [2.05, 4.69) is 81.8 Å². The zero-order valence-corrected chi connectivity index (χ0v) is 24.0. The number of hydrogen-bond donors (Lipinski definition) is 2. The second kappa shape index (κ2) is 11.6. The van der Waals surface area contributed by atoms with Gasteiger partial charge in [-0.2, -0.15) is 5.10 Å². The highest BCUT2D eigenvalue weighted by atomic mass is 127. The van der Waals surface area contributed by atoms with Gasteiger partial charge in [-0.1, -0.05) is 58.0 Å². The van der Waals surface area contributed by atoms with E-state index in [1.54, 1.807) is 6.07 Å². The molecule has 7 nitrogen and oxygen atoms in total. The molecular weight excluding hydrogens is 744 g/mol. The van der Waals surface area contributed by atoms with E-state index >= 15 is 0 Å². The Balaban J connectivity index is 1.50. The number of carbonyl (C=O) groups is 1. The molecule has 0 aliphatic rings. The second-order valence-corrected chi connectivity index (χ2v) is 11.2. The summed E-state index contributed by atoms with van der Waals surface area (Å²) in [4.78, 5) is 12.4. The Hall–Kier alpha value is -1.97. The van der Waals surface area contributed by atoms with Crippen LogP contribution < -0.4 is 5.43 Å². The fourth-order valence-electron chi connectivity index (χ4n) is 2.98. The van der Waals surface area contributed by atoms with Crippen molar-refractivity contribution in [3.63, 3.8) is 0 Å². The molecule has 0 saturated carbocycles. The van der Waals surface area contributed by atoms with Crippen molar-refractivity contribution in [3.05, 3.63) is 83.9 Å². The smallest absolute Gasteiger partial charge is 0.250 e. The van der Waals surface area contributed by atoms with E-state index in [-0.39, 0.29) is 17.4 Å². The minimum atomic E-state index is -0.298. The third kappa shape index (κ3) is 6.17. The Morgan fingerprint density at radius 3 is 2.59 bits per heavy atom. The average Bonchev–Trinajstić information content (AvgIpc) is 3.26. The number of thioether (sulfide) groups is 1. The molecule has 0 aliphatic carbocycles. The molecule has 11 heteroatoms. The van der Waals surface area contributed by atoms with Gasteiger partial charge in [-0.25, -0.2) is 5.43 Å². The first-order valence-electron chi connectivity index (χ1n) is 9.82. The van der Waals surface area contributed by atoms with Crippen LogP contribution in [0.15, 0.2) is 81.5 Å². The quantitative estimate of drug-likeness (QED) is 0.107. The molecule has 1 aromatic heterocycles. The number of aromatic hydroxyl groups is 1. The standard InChI is InChI=1S/C23H16BrI2N5O2S/c24-16-6-8-18(9-7-16)31-22(14-4-2-1-3-5-14)29-30-23(31)34-13-20(32)28-27-12-15-10-17(25)11-19(26)21(15)33/h1-12,33H,13H2,(H,28,32)/b27-12-. The Morgan fingerprint density at radius 1 is 1.12 bits per heavy atom. The Bertz CT molecular complexity index is 1350. The first kappa shape index (κ1) is 25.1. The molecule has 2 N–H and O–H groups in total. The Morgan fingerprint density at radius 2 is 1.85 bits per heavy atom. The van der Waals surface area contributed by atoms with E-state index < -0.39 is 0 Å². The van der Waals surface area contributed by atoms with Crippen LogP contribution in [0, 0.1) is 7.14 Å². The molecule has 0 aliphatic heterocycles. The number of rotatable bonds is 7. The number of phenols is 1. The molecule has 0 saturated heterocycles. The van der Waals surface area contributed by atoms with Crippen molar-refractivity contribution in [2.75, 3.05) is 5.75 Å². The second-order valence-electron chi connectivity index (χ2n) is 6.89. The molecule has 34 heavy (non-hydrogen) atoms. The summed E-state index contributed by atoms with van der Waals surface area (Å²) >= 11 is 8.94. The Kier molecular flexibility index (Phi) is 8.60. The average molecular weight is 760 g/mol. The van der Waals surface area contributed by atoms with Crippen molar-refractivity contribution in [1.82, 2.24) is 20.2 Å². The molecule has 1 heterocycles. The molecule has 0 bridgehead atoms. The van der Waals surface area contributed by atoms with Gasteiger partial charge in [-0.05, 0) is 81.6 Å². The Labute approximate surface area is 235 Å². The minimum Gasteiger partial charge on any atom is -0.506 e. The topological polar surface area (TPSA) is 92.4 Å². The lowest BCUT2D eigenvalue weighted by molar-refractivity contribution is -0.118. The lowest BCUT2D eigenvalue weighted by Crippen LogP contribution is -2.20. The molecular formula is C23H16BrI2N5O2S. The summed E-state index contributed by atoms with van der Waals surface area (Å²) < 4.78 is 4.57. The largest absolute Gasteiger partial charge is 0.506 e. The van der Waals surface area contributed by atoms with Crippen LogP contribution in [0.2, 0.25) is 0 Å². The number of phenolic OH excluding ortho intramolecular Hbond substituents is 1. The van der Waals surface area contributed by atoms with Crippen LogP contribution >= 0.6 is 72.9 Å². The fraction of sp³-hybridized carbons (Fsp3) is 0.0435. The maximum atomic E-state index is 12.4. The van der Waals surface area contributed by atoms with Gasteiger partial charge in [0.2, 0.25) is 0 Å². The third-order valence-corrected chi connectivity index (χ3v) is 7.44. The number of hydrazone groups is 1. The van der Waals surface area contributed by atoms with Crippen LogP contribution in [-0.2, 0) is 4.79 Å². The summed E-state index contributed by atoms with van der Waals surface area (Å²) in [6.07, 6.45) is 1.43. The van der Waals surface area contributed by atoms with Crippen molar-refractivity contribution >= 4 is 85.0 Å². The van der Waals surface area contributed by atoms with E-state index in [9.17, 15) is 9.90 Å². The molecule has 0 radical (unpaired) electrons. The van der Waals surface area contributed by atoms with Gasteiger partial charge in [0, 0.05) is 24.9 Å². The summed E-state index contributed by atoms with van der Waals surface area (Å²) in [7, 11) is 0. The third-order valence-electron chi connectivity index (χ3n) is 4.53. The molecule has 172 valence electrons. The van der Waals surface area contributed by atoms with Gasteiger partial charge in [-0.3, -0.25) is 9.36 Å². The van der Waals surface area contributed by atoms with Crippen LogP contribution in [-0.4, -0.2) is 37.7 Å². The highest BCUT2D eigenvalue weighted by Crippen LogP contribution is 2.29. The number of halogens is 3. The maximum Gasteiger partial charge on any atom is 0.250 e. The highest BCUT2D eigenvalue weighted by molar-refractivity contribution is 14.1. The summed E-state index contributed by atoms with van der Waals surface area (Å²) in [5.41, 5.74) is 4.84. The van der Waals surface area contributed by atoms with E-state index in [0.717, 1.165) is 19.3 Å². The first-order chi connectivity index (χ1) is 16.4. The molecule has 0 atom stereocenters. The van der Waals surface area contributed by atoms with Gasteiger partial charge in [0.05, 0.1) is 15.5 Å². The van der Waals surface area contributed by atoms with E-state index in [1.807, 2.05) is 65.2 Å². The van der Waals surface area contributed by atoms with Gasteiger partial charge in [0.25, 0.3) is 5.91 Å². The van der Waals surface area contributed by atoms with Gasteiger partial charge < -0.3 is 5.11 Å². The zero-order valence-electron chi connectivity index (χ0n) is 17.3. The van der Waals surface area contributed by atoms with Gasteiger partial charge in [0.15, 0.2) is 11.0 Å². The highest BCUT2D eigenvalue weighted by Gasteiger charge is 2.17. The van der Waals surface area contributed by atoms with Crippen LogP contribution in [0.1, 0.15) is 5.56 Å². The first-order valence-corrected chi connectivity index (χ1v) is 13.8. The van der Waals surface area contributed by atoms with E-state index in [0.29, 0.717) is 20.1 Å². The van der Waals surface area contributed by atoms with Crippen molar-refractivity contribution in [1.29, 1.82) is 0 Å². The predicted octanol–water partition coefficient (Wildman–Crippen LogP) is 5.85. The van der Waals surface area contributed by atoms with Crippen LogP contribution in [0.3, 0.4) is 0 Å². The summed E-state index contributed by atoms with van der Waals surface area (Å²) in [6.45, 7) is 0. The summed E-state index contributed by atoms with van der Waals surface area (Å²) in [5, 5.41) is 23.4. The zero-order chi connectivity index (χ0) is 24.1. The number of nitrogens with one attached hydrogen (secondary N) is 1. The molecule has 0 spiro atoms. The maximum absolute atomic E-state index is 12.4. The van der Waals surface area contributed by atoms with Crippen LogP contribution in [0.5, 0.6) is 5.75 Å². The van der Waals surface area contributed by atoms with Crippen molar-refractivity contribution in [2.45, 2.75) is 5.16 Å². The van der Waals surface area contributed by atoms with Crippen LogP contribution in [0.25, 0.3) is 17.1 Å². The lowest BCUT2D eigenvalue weighted by atomic mass is 10.2. The normalized spacial score (nSPS) is 11.1. The molecule has 4 rings (SSSR count). The fourth-order valence-corrected chi connectivity index (χ4v) is 5.88.